The lowest BCUT2D eigenvalue weighted by Crippen LogP contribution is -2.15. The molecule has 1 heteroatoms. The summed E-state index contributed by atoms with van der Waals surface area (Å²) in [6, 6.07) is 0. The Hall–Kier alpha value is -0.980. The molecule has 1 nitrogen and oxygen atoms in total. The molecule has 0 fully saturated rings. The second-order valence-corrected chi connectivity index (χ2v) is 2.91. The van der Waals surface area contributed by atoms with Crippen LogP contribution in [0.1, 0.15) is 33.6 Å². The Morgan fingerprint density at radius 3 is 2.46 bits per heavy atom. The molecule has 0 unspecified atom stereocenters. The molecule has 13 heavy (non-hydrogen) atoms. The molecule has 0 aliphatic heterocycles. The molecule has 0 aromatic rings. The third-order valence-electron chi connectivity index (χ3n) is 1.90. The van der Waals surface area contributed by atoms with E-state index in [0.29, 0.717) is 0 Å². The number of hydrogen-bond acceptors (Lipinski definition) is 1. The molecule has 0 aliphatic rings. The quantitative estimate of drug-likeness (QED) is 0.616. The van der Waals surface area contributed by atoms with Crippen molar-refractivity contribution in [3.63, 3.8) is 0 Å². The minimum Gasteiger partial charge on any atom is -0.385 e. The summed E-state index contributed by atoms with van der Waals surface area (Å²) in [4.78, 5) is 0. The van der Waals surface area contributed by atoms with E-state index in [2.05, 4.69) is 44.8 Å². The van der Waals surface area contributed by atoms with Gasteiger partial charge in [0.25, 0.3) is 0 Å². The highest BCUT2D eigenvalue weighted by Crippen LogP contribution is 2.10. The lowest BCUT2D eigenvalue weighted by atomic mass is 10.1. The van der Waals surface area contributed by atoms with Crippen LogP contribution in [0.2, 0.25) is 0 Å². The zero-order valence-electron chi connectivity index (χ0n) is 9.06. The summed E-state index contributed by atoms with van der Waals surface area (Å²) >= 11 is 0. The number of rotatable bonds is 6. The Morgan fingerprint density at radius 1 is 1.38 bits per heavy atom. The molecule has 0 aliphatic carbocycles. The summed E-state index contributed by atoms with van der Waals surface area (Å²) in [5.41, 5.74) is 2.57. The van der Waals surface area contributed by atoms with E-state index in [4.69, 9.17) is 0 Å². The standard InChI is InChI=1S/C12H21N/c1-5-9-11(7-3)12(8-4)13-10-6-2/h5,8-9,13H,1,6-7,10H2,2-4H3/b11-9-,12-8+. The number of nitrogens with one attached hydrogen (secondary N) is 1. The molecule has 0 radical (unpaired) electrons. The van der Waals surface area contributed by atoms with Crippen LogP contribution in [0.4, 0.5) is 0 Å². The van der Waals surface area contributed by atoms with Gasteiger partial charge in [-0.25, -0.2) is 0 Å². The van der Waals surface area contributed by atoms with Crippen molar-refractivity contribution in [2.45, 2.75) is 33.6 Å². The van der Waals surface area contributed by atoms with Crippen LogP contribution in [-0.2, 0) is 0 Å². The van der Waals surface area contributed by atoms with E-state index in [9.17, 15) is 0 Å². The monoisotopic (exact) mass is 179 g/mol. The van der Waals surface area contributed by atoms with Crippen LogP contribution < -0.4 is 5.32 Å². The lowest BCUT2D eigenvalue weighted by molar-refractivity contribution is 0.766. The third-order valence-corrected chi connectivity index (χ3v) is 1.90. The van der Waals surface area contributed by atoms with Gasteiger partial charge in [-0.2, -0.15) is 0 Å². The van der Waals surface area contributed by atoms with Crippen molar-refractivity contribution in [1.29, 1.82) is 0 Å². The maximum Gasteiger partial charge on any atom is 0.0329 e. The molecule has 0 rings (SSSR count). The van der Waals surface area contributed by atoms with Crippen molar-refractivity contribution in [1.82, 2.24) is 5.32 Å². The van der Waals surface area contributed by atoms with E-state index < -0.39 is 0 Å². The largest absolute Gasteiger partial charge is 0.385 e. The van der Waals surface area contributed by atoms with E-state index in [1.54, 1.807) is 0 Å². The van der Waals surface area contributed by atoms with Crippen molar-refractivity contribution in [2.75, 3.05) is 6.54 Å². The first kappa shape index (κ1) is 12.0. The summed E-state index contributed by atoms with van der Waals surface area (Å²) in [6.45, 7) is 11.1. The molecule has 0 amide bonds. The first-order valence-corrected chi connectivity index (χ1v) is 5.02. The van der Waals surface area contributed by atoms with Crippen molar-refractivity contribution in [3.05, 3.63) is 36.1 Å². The smallest absolute Gasteiger partial charge is 0.0329 e. The van der Waals surface area contributed by atoms with Crippen LogP contribution >= 0.6 is 0 Å². The van der Waals surface area contributed by atoms with Crippen LogP contribution in [-0.4, -0.2) is 6.54 Å². The maximum absolute atomic E-state index is 3.71. The van der Waals surface area contributed by atoms with Crippen LogP contribution in [0, 0.1) is 0 Å². The van der Waals surface area contributed by atoms with Gasteiger partial charge in [-0.1, -0.05) is 38.7 Å². The predicted molar refractivity (Wildman–Crippen MR) is 60.6 cm³/mol. The molecule has 0 heterocycles. The average Bonchev–Trinajstić information content (AvgIpc) is 2.17. The van der Waals surface area contributed by atoms with E-state index in [1.807, 2.05) is 6.08 Å². The van der Waals surface area contributed by atoms with E-state index in [-0.39, 0.29) is 0 Å². The Kier molecular flexibility index (Phi) is 7.08. The van der Waals surface area contributed by atoms with Crippen molar-refractivity contribution >= 4 is 0 Å². The Balaban J connectivity index is 4.36. The summed E-state index contributed by atoms with van der Waals surface area (Å²) in [6.07, 6.45) is 8.23. The average molecular weight is 179 g/mol. The number of allylic oxidation sites excluding steroid dienone is 4. The van der Waals surface area contributed by atoms with Gasteiger partial charge in [0.05, 0.1) is 0 Å². The minimum absolute atomic E-state index is 1.04. The van der Waals surface area contributed by atoms with Gasteiger partial charge < -0.3 is 5.32 Å². The fourth-order valence-electron chi connectivity index (χ4n) is 1.20. The molecular formula is C12H21N. The summed E-state index contributed by atoms with van der Waals surface area (Å²) in [7, 11) is 0. The van der Waals surface area contributed by atoms with Crippen LogP contribution in [0.25, 0.3) is 0 Å². The van der Waals surface area contributed by atoms with Crippen LogP contribution in [0.5, 0.6) is 0 Å². The summed E-state index contributed by atoms with van der Waals surface area (Å²) in [5, 5.41) is 3.40. The summed E-state index contributed by atoms with van der Waals surface area (Å²) in [5.74, 6) is 0. The second-order valence-electron chi connectivity index (χ2n) is 2.91. The van der Waals surface area contributed by atoms with Gasteiger partial charge in [0.15, 0.2) is 0 Å². The highest BCUT2D eigenvalue weighted by atomic mass is 14.9. The topological polar surface area (TPSA) is 12.0 Å². The van der Waals surface area contributed by atoms with Gasteiger partial charge in [0, 0.05) is 12.2 Å². The van der Waals surface area contributed by atoms with Gasteiger partial charge in [0.1, 0.15) is 0 Å². The highest BCUT2D eigenvalue weighted by Gasteiger charge is 1.98. The van der Waals surface area contributed by atoms with Gasteiger partial charge in [0.2, 0.25) is 0 Å². The Morgan fingerprint density at radius 2 is 2.08 bits per heavy atom. The maximum atomic E-state index is 3.71. The normalized spacial score (nSPS) is 12.8. The van der Waals surface area contributed by atoms with Crippen molar-refractivity contribution in [3.8, 4) is 0 Å². The molecule has 0 bridgehead atoms. The van der Waals surface area contributed by atoms with E-state index in [0.717, 1.165) is 19.4 Å². The first-order chi connectivity index (χ1) is 6.29. The van der Waals surface area contributed by atoms with Gasteiger partial charge in [-0.15, -0.1) is 0 Å². The second kappa shape index (κ2) is 7.66. The lowest BCUT2D eigenvalue weighted by Gasteiger charge is -2.11. The zero-order valence-corrected chi connectivity index (χ0v) is 9.06. The summed E-state index contributed by atoms with van der Waals surface area (Å²) < 4.78 is 0. The van der Waals surface area contributed by atoms with Gasteiger partial charge in [-0.3, -0.25) is 0 Å². The van der Waals surface area contributed by atoms with E-state index in [1.165, 1.54) is 11.3 Å². The Labute approximate surface area is 82.2 Å². The molecule has 1 N–H and O–H groups in total. The molecular weight excluding hydrogens is 158 g/mol. The van der Waals surface area contributed by atoms with Gasteiger partial charge in [-0.05, 0) is 25.3 Å². The minimum atomic E-state index is 1.04. The number of hydrogen-bond donors (Lipinski definition) is 1. The molecule has 74 valence electrons. The predicted octanol–water partition coefficient (Wildman–Crippen LogP) is 3.41. The fraction of sp³-hybridized carbons (Fsp3) is 0.500. The molecule has 0 saturated heterocycles. The van der Waals surface area contributed by atoms with Crippen LogP contribution in [0.15, 0.2) is 36.1 Å². The van der Waals surface area contributed by atoms with Crippen LogP contribution in [0.3, 0.4) is 0 Å². The zero-order chi connectivity index (χ0) is 10.1. The molecule has 0 spiro atoms. The van der Waals surface area contributed by atoms with Gasteiger partial charge >= 0.3 is 0 Å². The van der Waals surface area contributed by atoms with E-state index >= 15 is 0 Å². The molecule has 0 aromatic carbocycles. The Bertz CT molecular complexity index is 199. The molecule has 0 aromatic heterocycles. The fourth-order valence-corrected chi connectivity index (χ4v) is 1.20. The first-order valence-electron chi connectivity index (χ1n) is 5.02. The van der Waals surface area contributed by atoms with Crippen molar-refractivity contribution < 1.29 is 0 Å². The highest BCUT2D eigenvalue weighted by molar-refractivity contribution is 5.31. The third kappa shape index (κ3) is 4.56. The molecule has 0 saturated carbocycles. The van der Waals surface area contributed by atoms with Crippen molar-refractivity contribution in [2.24, 2.45) is 0 Å². The molecule has 0 atom stereocenters. The SMILES string of the molecule is C=C/C=C(CC)\C(=C/C)NCCC.